The zero-order chi connectivity index (χ0) is 18.2. The van der Waals surface area contributed by atoms with Gasteiger partial charge < -0.3 is 10.3 Å². The zero-order valence-electron chi connectivity index (χ0n) is 14.5. The molecule has 0 unspecified atom stereocenters. The van der Waals surface area contributed by atoms with E-state index >= 15 is 0 Å². The molecule has 2 N–H and O–H groups in total. The summed E-state index contributed by atoms with van der Waals surface area (Å²) in [7, 11) is 0. The topological polar surface area (TPSA) is 80.5 Å². The number of nitrogens with zero attached hydrogens (tertiary/aromatic N) is 4. The lowest BCUT2D eigenvalue weighted by molar-refractivity contribution is 0.601. The van der Waals surface area contributed by atoms with Crippen LogP contribution < -0.4 is 5.73 Å². The van der Waals surface area contributed by atoms with Crippen molar-refractivity contribution >= 4 is 11.8 Å². The van der Waals surface area contributed by atoms with Crippen molar-refractivity contribution in [3.05, 3.63) is 77.1 Å². The van der Waals surface area contributed by atoms with Crippen LogP contribution in [0.2, 0.25) is 0 Å². The zero-order valence-corrected chi connectivity index (χ0v) is 15.3. The maximum Gasteiger partial charge on any atom is 0.191 e. The van der Waals surface area contributed by atoms with Gasteiger partial charge in [-0.3, -0.25) is 0 Å². The first-order chi connectivity index (χ1) is 12.8. The van der Waals surface area contributed by atoms with Crippen LogP contribution in [0.3, 0.4) is 0 Å². The van der Waals surface area contributed by atoms with Crippen LogP contribution in [0.5, 0.6) is 0 Å². The van der Waals surface area contributed by atoms with Crippen molar-refractivity contribution in [2.45, 2.75) is 30.3 Å². The predicted octanol–water partition coefficient (Wildman–Crippen LogP) is 3.19. The molecule has 0 saturated heterocycles. The third-order valence-corrected chi connectivity index (χ3v) is 5.12. The van der Waals surface area contributed by atoms with Gasteiger partial charge in [-0.1, -0.05) is 54.2 Å². The van der Waals surface area contributed by atoms with Crippen molar-refractivity contribution in [2.24, 2.45) is 5.73 Å². The van der Waals surface area contributed by atoms with Crippen molar-refractivity contribution in [3.8, 4) is 6.07 Å². The molecular weight excluding hydrogens is 342 g/mol. The molecule has 1 aromatic heterocycles. The Kier molecular flexibility index (Phi) is 6.42. The Bertz CT molecular complexity index is 865. The molecule has 2 aromatic carbocycles. The van der Waals surface area contributed by atoms with Crippen LogP contribution in [0.15, 0.2) is 59.8 Å². The number of rotatable bonds is 8. The Labute approximate surface area is 157 Å². The van der Waals surface area contributed by atoms with Crippen molar-refractivity contribution in [2.75, 3.05) is 6.54 Å². The number of aryl methyl sites for hydroxylation is 1. The standard InChI is InChI=1S/C20H21N5S/c21-12-10-19-23-24-20(25(19)13-11-16-4-2-1-3-5-16)26-15-18-8-6-17(14-22)7-9-18/h1-9H,10-13,15,21H2. The summed E-state index contributed by atoms with van der Waals surface area (Å²) in [5.74, 6) is 1.73. The van der Waals surface area contributed by atoms with Gasteiger partial charge >= 0.3 is 0 Å². The van der Waals surface area contributed by atoms with Crippen LogP contribution in [0, 0.1) is 11.3 Å². The van der Waals surface area contributed by atoms with Crippen molar-refractivity contribution in [1.82, 2.24) is 14.8 Å². The predicted molar refractivity (Wildman–Crippen MR) is 104 cm³/mol. The lowest BCUT2D eigenvalue weighted by Crippen LogP contribution is -2.12. The van der Waals surface area contributed by atoms with Crippen molar-refractivity contribution in [1.29, 1.82) is 5.26 Å². The summed E-state index contributed by atoms with van der Waals surface area (Å²) in [6.07, 6.45) is 1.65. The number of thioether (sulfide) groups is 1. The van der Waals surface area contributed by atoms with E-state index < -0.39 is 0 Å². The van der Waals surface area contributed by atoms with Gasteiger partial charge in [0.2, 0.25) is 0 Å². The minimum atomic E-state index is 0.559. The minimum Gasteiger partial charge on any atom is -0.330 e. The summed E-state index contributed by atoms with van der Waals surface area (Å²) < 4.78 is 2.17. The summed E-state index contributed by atoms with van der Waals surface area (Å²) in [6, 6.07) is 20.2. The molecule has 1 heterocycles. The normalized spacial score (nSPS) is 10.6. The number of hydrogen-bond acceptors (Lipinski definition) is 5. The lowest BCUT2D eigenvalue weighted by Gasteiger charge is -2.10. The molecule has 0 radical (unpaired) electrons. The second-order valence-electron chi connectivity index (χ2n) is 5.92. The highest BCUT2D eigenvalue weighted by molar-refractivity contribution is 7.98. The summed E-state index contributed by atoms with van der Waals surface area (Å²) in [6.45, 7) is 1.39. The Hall–Kier alpha value is -2.62. The molecule has 0 amide bonds. The van der Waals surface area contributed by atoms with Gasteiger partial charge in [0.15, 0.2) is 5.16 Å². The van der Waals surface area contributed by atoms with E-state index in [0.717, 1.165) is 41.7 Å². The molecule has 0 aliphatic heterocycles. The number of hydrogen-bond donors (Lipinski definition) is 1. The Morgan fingerprint density at radius 1 is 0.962 bits per heavy atom. The highest BCUT2D eigenvalue weighted by Gasteiger charge is 2.12. The quantitative estimate of drug-likeness (QED) is 0.622. The van der Waals surface area contributed by atoms with Gasteiger partial charge in [0, 0.05) is 18.7 Å². The Morgan fingerprint density at radius 2 is 1.73 bits per heavy atom. The lowest BCUT2D eigenvalue weighted by atomic mass is 10.1. The van der Waals surface area contributed by atoms with E-state index in [1.165, 1.54) is 5.56 Å². The van der Waals surface area contributed by atoms with Gasteiger partial charge in [-0.15, -0.1) is 10.2 Å². The number of nitriles is 1. The number of benzene rings is 2. The monoisotopic (exact) mass is 363 g/mol. The minimum absolute atomic E-state index is 0.559. The van der Waals surface area contributed by atoms with Crippen LogP contribution in [0.1, 0.15) is 22.5 Å². The average Bonchev–Trinajstić information content (AvgIpc) is 3.08. The highest BCUT2D eigenvalue weighted by atomic mass is 32.2. The van der Waals surface area contributed by atoms with E-state index in [9.17, 15) is 0 Å². The highest BCUT2D eigenvalue weighted by Crippen LogP contribution is 2.23. The molecular formula is C20H21N5S. The fraction of sp³-hybridized carbons (Fsp3) is 0.250. The summed E-state index contributed by atoms with van der Waals surface area (Å²) in [5, 5.41) is 18.5. The first kappa shape index (κ1) is 18.2. The smallest absolute Gasteiger partial charge is 0.191 e. The summed E-state index contributed by atoms with van der Waals surface area (Å²) in [4.78, 5) is 0. The van der Waals surface area contributed by atoms with Gasteiger partial charge in [-0.25, -0.2) is 0 Å². The van der Waals surface area contributed by atoms with E-state index in [2.05, 4.69) is 45.1 Å². The molecule has 26 heavy (non-hydrogen) atoms. The van der Waals surface area contributed by atoms with E-state index in [1.807, 2.05) is 30.3 Å². The van der Waals surface area contributed by atoms with Crippen LogP contribution in [-0.2, 0) is 25.1 Å². The van der Waals surface area contributed by atoms with Crippen molar-refractivity contribution in [3.63, 3.8) is 0 Å². The van der Waals surface area contributed by atoms with Crippen LogP contribution in [0.25, 0.3) is 0 Å². The molecule has 6 heteroatoms. The summed E-state index contributed by atoms with van der Waals surface area (Å²) in [5.41, 5.74) is 8.85. The van der Waals surface area contributed by atoms with Gasteiger partial charge in [0.1, 0.15) is 5.82 Å². The third kappa shape index (κ3) is 4.72. The average molecular weight is 363 g/mol. The SMILES string of the molecule is N#Cc1ccc(CSc2nnc(CCN)n2CCc2ccccc2)cc1. The number of nitrogens with two attached hydrogens (primary N) is 1. The third-order valence-electron chi connectivity index (χ3n) is 4.08. The van der Waals surface area contributed by atoms with E-state index in [-0.39, 0.29) is 0 Å². The Balaban J connectivity index is 1.70. The van der Waals surface area contributed by atoms with E-state index in [4.69, 9.17) is 11.0 Å². The summed E-state index contributed by atoms with van der Waals surface area (Å²) >= 11 is 1.66. The fourth-order valence-corrected chi connectivity index (χ4v) is 3.61. The van der Waals surface area contributed by atoms with Crippen LogP contribution in [-0.4, -0.2) is 21.3 Å². The van der Waals surface area contributed by atoms with Crippen LogP contribution >= 0.6 is 11.8 Å². The first-order valence-corrected chi connectivity index (χ1v) is 9.56. The molecule has 5 nitrogen and oxygen atoms in total. The molecule has 0 fully saturated rings. The Morgan fingerprint density at radius 3 is 2.42 bits per heavy atom. The van der Waals surface area contributed by atoms with Crippen LogP contribution in [0.4, 0.5) is 0 Å². The number of aromatic nitrogens is 3. The molecule has 3 rings (SSSR count). The molecule has 0 aliphatic rings. The fourth-order valence-electron chi connectivity index (χ4n) is 2.67. The molecule has 0 bridgehead atoms. The second kappa shape index (κ2) is 9.18. The van der Waals surface area contributed by atoms with Gasteiger partial charge in [0.05, 0.1) is 11.6 Å². The molecule has 3 aromatic rings. The molecule has 0 saturated carbocycles. The van der Waals surface area contributed by atoms with Gasteiger partial charge in [0.25, 0.3) is 0 Å². The largest absolute Gasteiger partial charge is 0.330 e. The molecule has 0 spiro atoms. The van der Waals surface area contributed by atoms with E-state index in [1.54, 1.807) is 11.8 Å². The maximum atomic E-state index is 8.89. The second-order valence-corrected chi connectivity index (χ2v) is 6.86. The first-order valence-electron chi connectivity index (χ1n) is 8.58. The van der Waals surface area contributed by atoms with Gasteiger partial charge in [-0.05, 0) is 36.2 Å². The van der Waals surface area contributed by atoms with Crippen molar-refractivity contribution < 1.29 is 0 Å². The molecule has 0 atom stereocenters. The van der Waals surface area contributed by atoms with E-state index in [0.29, 0.717) is 12.1 Å². The molecule has 0 aliphatic carbocycles. The maximum absolute atomic E-state index is 8.89. The van der Waals surface area contributed by atoms with Gasteiger partial charge in [-0.2, -0.15) is 5.26 Å². The molecule has 132 valence electrons.